The highest BCUT2D eigenvalue weighted by atomic mass is 16.5. The minimum atomic E-state index is -0.617. The highest BCUT2D eigenvalue weighted by Gasteiger charge is 2.29. The second-order valence-corrected chi connectivity index (χ2v) is 5.29. The zero-order valence-corrected chi connectivity index (χ0v) is 11.9. The van der Waals surface area contributed by atoms with Gasteiger partial charge in [0.2, 0.25) is 5.91 Å². The molecule has 0 aromatic rings. The SMILES string of the molecule is CCNC(C)(CCCOC(C)(C)CC)C(N)=O. The Morgan fingerprint density at radius 3 is 2.29 bits per heavy atom. The van der Waals surface area contributed by atoms with Crippen molar-refractivity contribution in [2.24, 2.45) is 5.73 Å². The van der Waals surface area contributed by atoms with Crippen molar-refractivity contribution in [2.45, 2.75) is 65.0 Å². The molecule has 0 spiro atoms. The number of amides is 1. The Kier molecular flexibility index (Phi) is 6.72. The van der Waals surface area contributed by atoms with Crippen LogP contribution in [0.3, 0.4) is 0 Å². The summed E-state index contributed by atoms with van der Waals surface area (Å²) in [6.45, 7) is 11.5. The lowest BCUT2D eigenvalue weighted by molar-refractivity contribution is -0.124. The van der Waals surface area contributed by atoms with Crippen LogP contribution in [0.1, 0.15) is 53.9 Å². The van der Waals surface area contributed by atoms with Crippen LogP contribution in [0.15, 0.2) is 0 Å². The molecule has 4 nitrogen and oxygen atoms in total. The number of likely N-dealkylation sites (N-methyl/N-ethyl adjacent to an activating group) is 1. The predicted molar refractivity (Wildman–Crippen MR) is 70.8 cm³/mol. The van der Waals surface area contributed by atoms with Crippen LogP contribution in [0.5, 0.6) is 0 Å². The molecule has 1 amide bonds. The summed E-state index contributed by atoms with van der Waals surface area (Å²) in [5, 5.41) is 3.14. The number of rotatable bonds is 9. The summed E-state index contributed by atoms with van der Waals surface area (Å²) < 4.78 is 5.75. The van der Waals surface area contributed by atoms with E-state index in [2.05, 4.69) is 26.1 Å². The number of primary amides is 1. The number of carbonyl (C=O) groups excluding carboxylic acids is 1. The molecule has 4 heteroatoms. The summed E-state index contributed by atoms with van der Waals surface area (Å²) in [6.07, 6.45) is 2.51. The number of hydrogen-bond acceptors (Lipinski definition) is 3. The molecule has 0 saturated carbocycles. The Hall–Kier alpha value is -0.610. The van der Waals surface area contributed by atoms with Crippen molar-refractivity contribution in [3.8, 4) is 0 Å². The van der Waals surface area contributed by atoms with Crippen LogP contribution in [0.2, 0.25) is 0 Å². The zero-order chi connectivity index (χ0) is 13.5. The number of nitrogens with two attached hydrogens (primary N) is 1. The number of carbonyl (C=O) groups is 1. The molecule has 0 bridgehead atoms. The molecular weight excluding hydrogens is 216 g/mol. The van der Waals surface area contributed by atoms with Crippen molar-refractivity contribution >= 4 is 5.91 Å². The Bertz CT molecular complexity index is 242. The maximum Gasteiger partial charge on any atom is 0.237 e. The van der Waals surface area contributed by atoms with Crippen LogP contribution >= 0.6 is 0 Å². The molecular formula is C13H28N2O2. The minimum Gasteiger partial charge on any atom is -0.376 e. The summed E-state index contributed by atoms with van der Waals surface area (Å²) >= 11 is 0. The molecule has 0 rings (SSSR count). The summed E-state index contributed by atoms with van der Waals surface area (Å²) in [7, 11) is 0. The zero-order valence-electron chi connectivity index (χ0n) is 11.9. The second-order valence-electron chi connectivity index (χ2n) is 5.29. The van der Waals surface area contributed by atoms with Crippen LogP contribution < -0.4 is 11.1 Å². The molecule has 0 aliphatic carbocycles. The molecule has 0 aromatic carbocycles. The van der Waals surface area contributed by atoms with E-state index < -0.39 is 5.54 Å². The van der Waals surface area contributed by atoms with E-state index in [1.807, 2.05) is 13.8 Å². The molecule has 0 saturated heterocycles. The Balaban J connectivity index is 4.04. The van der Waals surface area contributed by atoms with Gasteiger partial charge >= 0.3 is 0 Å². The van der Waals surface area contributed by atoms with Crippen molar-refractivity contribution in [3.63, 3.8) is 0 Å². The monoisotopic (exact) mass is 244 g/mol. The number of nitrogens with one attached hydrogen (secondary N) is 1. The topological polar surface area (TPSA) is 64.3 Å². The first-order valence-corrected chi connectivity index (χ1v) is 6.46. The average molecular weight is 244 g/mol. The van der Waals surface area contributed by atoms with Gasteiger partial charge in [-0.2, -0.15) is 0 Å². The molecule has 0 fully saturated rings. The lowest BCUT2D eigenvalue weighted by Crippen LogP contribution is -2.53. The van der Waals surface area contributed by atoms with Crippen LogP contribution in [0.4, 0.5) is 0 Å². The molecule has 0 radical (unpaired) electrons. The van der Waals surface area contributed by atoms with Crippen molar-refractivity contribution in [3.05, 3.63) is 0 Å². The Morgan fingerprint density at radius 1 is 1.29 bits per heavy atom. The molecule has 0 heterocycles. The van der Waals surface area contributed by atoms with E-state index in [4.69, 9.17) is 10.5 Å². The molecule has 0 aliphatic heterocycles. The molecule has 3 N–H and O–H groups in total. The van der Waals surface area contributed by atoms with Crippen molar-refractivity contribution in [1.82, 2.24) is 5.32 Å². The Morgan fingerprint density at radius 2 is 1.88 bits per heavy atom. The number of hydrogen-bond donors (Lipinski definition) is 2. The lowest BCUT2D eigenvalue weighted by atomic mass is 9.95. The van der Waals surface area contributed by atoms with Crippen molar-refractivity contribution in [2.75, 3.05) is 13.2 Å². The quantitative estimate of drug-likeness (QED) is 0.608. The van der Waals surface area contributed by atoms with Gasteiger partial charge in [-0.25, -0.2) is 0 Å². The van der Waals surface area contributed by atoms with Gasteiger partial charge in [-0.05, 0) is 46.6 Å². The fourth-order valence-electron chi connectivity index (χ4n) is 1.57. The van der Waals surface area contributed by atoms with E-state index >= 15 is 0 Å². The fourth-order valence-corrected chi connectivity index (χ4v) is 1.57. The summed E-state index contributed by atoms with van der Waals surface area (Å²) in [5.74, 6) is -0.297. The first kappa shape index (κ1) is 16.4. The summed E-state index contributed by atoms with van der Waals surface area (Å²) in [5.41, 5.74) is 4.71. The van der Waals surface area contributed by atoms with E-state index in [1.54, 1.807) is 0 Å². The van der Waals surface area contributed by atoms with Gasteiger partial charge in [0.25, 0.3) is 0 Å². The normalized spacial score (nSPS) is 15.6. The van der Waals surface area contributed by atoms with Crippen molar-refractivity contribution in [1.29, 1.82) is 0 Å². The lowest BCUT2D eigenvalue weighted by Gasteiger charge is -2.28. The molecule has 0 aliphatic rings. The van der Waals surface area contributed by atoms with Gasteiger partial charge in [0, 0.05) is 6.61 Å². The maximum absolute atomic E-state index is 11.4. The van der Waals surface area contributed by atoms with E-state index in [-0.39, 0.29) is 11.5 Å². The van der Waals surface area contributed by atoms with E-state index in [0.29, 0.717) is 13.0 Å². The van der Waals surface area contributed by atoms with Gasteiger partial charge < -0.3 is 15.8 Å². The largest absolute Gasteiger partial charge is 0.376 e. The molecule has 102 valence electrons. The molecule has 0 aromatic heterocycles. The van der Waals surface area contributed by atoms with Crippen LogP contribution in [0, 0.1) is 0 Å². The van der Waals surface area contributed by atoms with Gasteiger partial charge in [0.15, 0.2) is 0 Å². The third kappa shape index (κ3) is 6.03. The first-order chi connectivity index (χ1) is 7.77. The highest BCUT2D eigenvalue weighted by molar-refractivity contribution is 5.84. The molecule has 1 unspecified atom stereocenters. The van der Waals surface area contributed by atoms with Crippen molar-refractivity contribution < 1.29 is 9.53 Å². The summed E-state index contributed by atoms with van der Waals surface area (Å²) in [6, 6.07) is 0. The van der Waals surface area contributed by atoms with Gasteiger partial charge in [-0.1, -0.05) is 13.8 Å². The van der Waals surface area contributed by atoms with Gasteiger partial charge in [-0.15, -0.1) is 0 Å². The molecule has 1 atom stereocenters. The van der Waals surface area contributed by atoms with E-state index in [1.165, 1.54) is 0 Å². The van der Waals surface area contributed by atoms with Crippen LogP contribution in [-0.2, 0) is 9.53 Å². The molecule has 17 heavy (non-hydrogen) atoms. The predicted octanol–water partition coefficient (Wildman–Crippen LogP) is 1.83. The standard InChI is InChI=1S/C13H28N2O2/c1-6-12(3,4)17-10-8-9-13(5,11(14)16)15-7-2/h15H,6-10H2,1-5H3,(H2,14,16). The van der Waals surface area contributed by atoms with E-state index in [0.717, 1.165) is 19.4 Å². The highest BCUT2D eigenvalue weighted by Crippen LogP contribution is 2.16. The first-order valence-electron chi connectivity index (χ1n) is 6.46. The average Bonchev–Trinajstić information content (AvgIpc) is 2.25. The van der Waals surface area contributed by atoms with Gasteiger partial charge in [0.05, 0.1) is 11.1 Å². The maximum atomic E-state index is 11.4. The van der Waals surface area contributed by atoms with Gasteiger partial charge in [0.1, 0.15) is 0 Å². The number of ether oxygens (including phenoxy) is 1. The third-order valence-electron chi connectivity index (χ3n) is 3.28. The minimum absolute atomic E-state index is 0.0820. The van der Waals surface area contributed by atoms with Crippen LogP contribution in [-0.4, -0.2) is 30.2 Å². The van der Waals surface area contributed by atoms with Gasteiger partial charge in [-0.3, -0.25) is 4.79 Å². The summed E-state index contributed by atoms with van der Waals surface area (Å²) in [4.78, 5) is 11.4. The second kappa shape index (κ2) is 6.97. The van der Waals surface area contributed by atoms with E-state index in [9.17, 15) is 4.79 Å². The Labute approximate surface area is 105 Å². The smallest absolute Gasteiger partial charge is 0.237 e. The third-order valence-corrected chi connectivity index (χ3v) is 3.28. The fraction of sp³-hybridized carbons (Fsp3) is 0.923. The van der Waals surface area contributed by atoms with Crippen LogP contribution in [0.25, 0.3) is 0 Å².